The second-order valence-electron chi connectivity index (χ2n) is 14.8. The Morgan fingerprint density at radius 3 is 2.62 bits per heavy atom. The SMILES string of the molecule is Cc1cc(C)n(C2CC(c3cc4c(C)nc5c(F)c(-c6cccc(Cl)c6Cl)c(CCC#N)cc5c4n3C3C4CNC3C4)N(C(=O)C3CC3)C2)n1. The molecule has 256 valence electrons. The molecule has 3 aromatic heterocycles. The number of hydrogen-bond donors (Lipinski definition) is 1. The van der Waals surface area contributed by atoms with E-state index in [1.807, 2.05) is 19.9 Å². The molecule has 5 unspecified atom stereocenters. The van der Waals surface area contributed by atoms with Gasteiger partial charge < -0.3 is 14.8 Å². The molecule has 2 bridgehead atoms. The minimum Gasteiger partial charge on any atom is -0.337 e. The first-order valence-corrected chi connectivity index (χ1v) is 18.4. The van der Waals surface area contributed by atoms with Crippen molar-refractivity contribution in [3.63, 3.8) is 0 Å². The lowest BCUT2D eigenvalue weighted by Crippen LogP contribution is -2.41. The third kappa shape index (κ3) is 4.82. The van der Waals surface area contributed by atoms with Crippen LogP contribution in [0, 0.1) is 49.8 Å². The molecular formula is C39H38Cl2FN7O. The standard InChI is InChI=1S/C39H38Cl2FN7O/c1-19-12-20(2)49(46-19)25-15-31(47(18-25)39(50)22-9-10-22)32-16-27-21(3)45-36-28(38(27)48(32)37-24-14-30(37)44-17-24)13-23(6-5-11-43)33(35(36)42)26-7-4-8-29(40)34(26)41/h4,7-8,12-13,16,22,24-25,30-31,37,44H,5-6,9-10,14-15,17-18H2,1-3H3. The zero-order valence-electron chi connectivity index (χ0n) is 28.3. The summed E-state index contributed by atoms with van der Waals surface area (Å²) in [6, 6.07) is 14.2. The summed E-state index contributed by atoms with van der Waals surface area (Å²) in [5.74, 6) is 0.266. The predicted molar refractivity (Wildman–Crippen MR) is 193 cm³/mol. The number of rotatable bonds is 7. The van der Waals surface area contributed by atoms with Crippen LogP contribution in [0.5, 0.6) is 0 Å². The zero-order chi connectivity index (χ0) is 34.6. The summed E-state index contributed by atoms with van der Waals surface area (Å²) < 4.78 is 21.7. The smallest absolute Gasteiger partial charge is 0.226 e. The Balaban J connectivity index is 1.30. The molecule has 0 spiro atoms. The number of likely N-dealkylation sites (tertiary alicyclic amines) is 1. The molecule has 1 N–H and O–H groups in total. The van der Waals surface area contributed by atoms with Crippen molar-refractivity contribution in [1.82, 2.24) is 29.5 Å². The third-order valence-corrected chi connectivity index (χ3v) is 12.5. The molecule has 5 fully saturated rings. The number of nitrogens with one attached hydrogen (secondary N) is 1. The van der Waals surface area contributed by atoms with Gasteiger partial charge in [0.15, 0.2) is 5.82 Å². The molecule has 11 heteroatoms. The molecular weight excluding hydrogens is 672 g/mol. The Hall–Kier alpha value is -3.97. The number of benzene rings is 2. The van der Waals surface area contributed by atoms with Crippen LogP contribution in [0.15, 0.2) is 36.4 Å². The Labute approximate surface area is 300 Å². The summed E-state index contributed by atoms with van der Waals surface area (Å²) in [7, 11) is 0. The molecule has 2 saturated carbocycles. The van der Waals surface area contributed by atoms with Crippen LogP contribution in [0.4, 0.5) is 4.39 Å². The molecule has 3 aliphatic heterocycles. The summed E-state index contributed by atoms with van der Waals surface area (Å²) in [4.78, 5) is 21.1. The lowest BCUT2D eigenvalue weighted by Gasteiger charge is -2.39. The molecule has 6 heterocycles. The minimum atomic E-state index is -0.468. The van der Waals surface area contributed by atoms with Gasteiger partial charge in [-0.3, -0.25) is 9.48 Å². The topological polar surface area (TPSA) is 91.8 Å². The van der Waals surface area contributed by atoms with Crippen molar-refractivity contribution in [2.75, 3.05) is 13.1 Å². The summed E-state index contributed by atoms with van der Waals surface area (Å²) >= 11 is 13.1. The third-order valence-electron chi connectivity index (χ3n) is 11.7. The average molecular weight is 711 g/mol. The van der Waals surface area contributed by atoms with Crippen LogP contribution in [-0.2, 0) is 11.2 Å². The fourth-order valence-corrected chi connectivity index (χ4v) is 9.59. The summed E-state index contributed by atoms with van der Waals surface area (Å²) in [5.41, 5.74) is 6.59. The molecule has 5 aliphatic rings. The quantitative estimate of drug-likeness (QED) is 0.183. The number of nitriles is 1. The molecule has 2 aliphatic carbocycles. The van der Waals surface area contributed by atoms with Crippen LogP contribution in [0.3, 0.4) is 0 Å². The van der Waals surface area contributed by atoms with Crippen LogP contribution >= 0.6 is 23.2 Å². The zero-order valence-corrected chi connectivity index (χ0v) is 29.8. The number of hydrogen-bond acceptors (Lipinski definition) is 5. The first-order valence-electron chi connectivity index (χ1n) is 17.7. The van der Waals surface area contributed by atoms with E-state index in [0.717, 1.165) is 65.9 Å². The minimum absolute atomic E-state index is 0.0510. The maximum absolute atomic E-state index is 17.2. The highest BCUT2D eigenvalue weighted by atomic mass is 35.5. The Morgan fingerprint density at radius 1 is 1.12 bits per heavy atom. The second kappa shape index (κ2) is 11.8. The van der Waals surface area contributed by atoms with Crippen molar-refractivity contribution in [2.45, 2.75) is 83.5 Å². The lowest BCUT2D eigenvalue weighted by molar-refractivity contribution is -0.133. The molecule has 3 saturated heterocycles. The van der Waals surface area contributed by atoms with Crippen molar-refractivity contribution >= 4 is 50.9 Å². The molecule has 8 nitrogen and oxygen atoms in total. The maximum Gasteiger partial charge on any atom is 0.226 e. The van der Waals surface area contributed by atoms with E-state index in [4.69, 9.17) is 33.3 Å². The van der Waals surface area contributed by atoms with Crippen LogP contribution in [-0.4, -0.2) is 49.3 Å². The van der Waals surface area contributed by atoms with Crippen LogP contribution in [0.25, 0.3) is 32.9 Å². The number of halogens is 3. The second-order valence-corrected chi connectivity index (χ2v) is 15.6. The number of pyridine rings is 1. The van der Waals surface area contributed by atoms with Gasteiger partial charge in [-0.2, -0.15) is 10.4 Å². The van der Waals surface area contributed by atoms with Gasteiger partial charge in [0.25, 0.3) is 0 Å². The van der Waals surface area contributed by atoms with E-state index >= 15 is 4.39 Å². The van der Waals surface area contributed by atoms with E-state index in [1.54, 1.807) is 18.2 Å². The number of carbonyl (C=O) groups is 1. The number of aryl methyl sites for hydroxylation is 4. The highest BCUT2D eigenvalue weighted by Crippen LogP contribution is 2.52. The number of amides is 1. The van der Waals surface area contributed by atoms with Gasteiger partial charge in [0.1, 0.15) is 5.52 Å². The molecule has 2 aromatic carbocycles. The van der Waals surface area contributed by atoms with Gasteiger partial charge in [-0.05, 0) is 88.6 Å². The van der Waals surface area contributed by atoms with Crippen LogP contribution in [0.2, 0.25) is 10.0 Å². The number of nitrogens with zero attached hydrogens (tertiary/aromatic N) is 6. The number of aromatic nitrogens is 4. The number of carbonyl (C=O) groups excluding carboxylic acids is 1. The largest absolute Gasteiger partial charge is 0.337 e. The van der Waals surface area contributed by atoms with Crippen molar-refractivity contribution in [3.8, 4) is 17.2 Å². The first-order chi connectivity index (χ1) is 24.1. The van der Waals surface area contributed by atoms with Gasteiger partial charge in [0.05, 0.1) is 45.5 Å². The fourth-order valence-electron chi connectivity index (χ4n) is 9.19. The molecule has 0 radical (unpaired) electrons. The Kier molecular flexibility index (Phi) is 7.54. The Bertz CT molecular complexity index is 2270. The maximum atomic E-state index is 17.2. The normalized spacial score (nSPS) is 24.3. The van der Waals surface area contributed by atoms with Crippen molar-refractivity contribution in [3.05, 3.63) is 80.6 Å². The van der Waals surface area contributed by atoms with E-state index in [0.29, 0.717) is 52.0 Å². The van der Waals surface area contributed by atoms with Crippen molar-refractivity contribution in [2.24, 2.45) is 11.8 Å². The monoisotopic (exact) mass is 709 g/mol. The van der Waals surface area contributed by atoms with E-state index in [-0.39, 0.29) is 46.9 Å². The first kappa shape index (κ1) is 32.0. The van der Waals surface area contributed by atoms with Crippen molar-refractivity contribution < 1.29 is 9.18 Å². The van der Waals surface area contributed by atoms with Crippen molar-refractivity contribution in [1.29, 1.82) is 5.26 Å². The fraction of sp³-hybridized carbons (Fsp3) is 0.436. The van der Waals surface area contributed by atoms with Gasteiger partial charge in [0, 0.05) is 70.5 Å². The summed E-state index contributed by atoms with van der Waals surface area (Å²) in [5, 5.41) is 20.4. The summed E-state index contributed by atoms with van der Waals surface area (Å²) in [6.07, 6.45) is 4.27. The number of fused-ring (bicyclic) bond motifs is 4. The highest BCUT2D eigenvalue weighted by Gasteiger charge is 2.51. The molecule has 1 amide bonds. The van der Waals surface area contributed by atoms with Crippen LogP contribution in [0.1, 0.15) is 78.6 Å². The summed E-state index contributed by atoms with van der Waals surface area (Å²) in [6.45, 7) is 7.57. The van der Waals surface area contributed by atoms with E-state index in [9.17, 15) is 10.1 Å². The van der Waals surface area contributed by atoms with E-state index in [2.05, 4.69) is 44.6 Å². The van der Waals surface area contributed by atoms with Crippen LogP contribution < -0.4 is 5.32 Å². The molecule has 5 aromatic rings. The molecule has 5 atom stereocenters. The Morgan fingerprint density at radius 2 is 1.94 bits per heavy atom. The van der Waals surface area contributed by atoms with Gasteiger partial charge >= 0.3 is 0 Å². The van der Waals surface area contributed by atoms with Gasteiger partial charge in [0.2, 0.25) is 5.91 Å². The average Bonchev–Trinajstić information content (AvgIpc) is 3.48. The molecule has 10 rings (SSSR count). The lowest BCUT2D eigenvalue weighted by atomic mass is 9.79. The molecule has 50 heavy (non-hydrogen) atoms. The van der Waals surface area contributed by atoms with E-state index in [1.165, 1.54) is 0 Å². The van der Waals surface area contributed by atoms with Gasteiger partial charge in [-0.25, -0.2) is 9.37 Å². The highest BCUT2D eigenvalue weighted by molar-refractivity contribution is 6.43. The predicted octanol–water partition coefficient (Wildman–Crippen LogP) is 8.34. The van der Waals surface area contributed by atoms with Gasteiger partial charge in [-0.1, -0.05) is 35.3 Å². The van der Waals surface area contributed by atoms with E-state index < -0.39 is 5.82 Å². The van der Waals surface area contributed by atoms with Gasteiger partial charge in [-0.15, -0.1) is 0 Å².